The highest BCUT2D eigenvalue weighted by Gasteiger charge is 1.93. The van der Waals surface area contributed by atoms with E-state index >= 15 is 0 Å². The van der Waals surface area contributed by atoms with Crippen molar-refractivity contribution in [2.75, 3.05) is 0 Å². The fourth-order valence-corrected chi connectivity index (χ4v) is 2.46. The van der Waals surface area contributed by atoms with Crippen molar-refractivity contribution < 1.29 is 4.84 Å². The highest BCUT2D eigenvalue weighted by molar-refractivity contribution is 9.11. The molecule has 16 heavy (non-hydrogen) atoms. The standard InChI is InChI=1S/C12H10BrNOS/c13-12-7-6-11(16-12)8-14-15-9-10-4-2-1-3-5-10/h1-8H,9H2/b14-8+. The van der Waals surface area contributed by atoms with E-state index in [2.05, 4.69) is 21.1 Å². The molecule has 2 rings (SSSR count). The second-order valence-electron chi connectivity index (χ2n) is 3.14. The highest BCUT2D eigenvalue weighted by atomic mass is 79.9. The van der Waals surface area contributed by atoms with Gasteiger partial charge in [0.1, 0.15) is 6.61 Å². The molecule has 0 saturated carbocycles. The number of halogens is 1. The average Bonchev–Trinajstić information content (AvgIpc) is 2.72. The van der Waals surface area contributed by atoms with E-state index in [9.17, 15) is 0 Å². The van der Waals surface area contributed by atoms with Crippen molar-refractivity contribution in [2.24, 2.45) is 5.16 Å². The Morgan fingerprint density at radius 1 is 1.19 bits per heavy atom. The number of hydrogen-bond donors (Lipinski definition) is 0. The number of oxime groups is 1. The molecule has 4 heteroatoms. The van der Waals surface area contributed by atoms with E-state index in [1.807, 2.05) is 42.5 Å². The van der Waals surface area contributed by atoms with Crippen LogP contribution in [0, 0.1) is 0 Å². The monoisotopic (exact) mass is 295 g/mol. The maximum Gasteiger partial charge on any atom is 0.142 e. The summed E-state index contributed by atoms with van der Waals surface area (Å²) in [7, 11) is 0. The third-order valence-electron chi connectivity index (χ3n) is 1.92. The van der Waals surface area contributed by atoms with Gasteiger partial charge < -0.3 is 4.84 Å². The molecule has 1 aromatic heterocycles. The van der Waals surface area contributed by atoms with Crippen molar-refractivity contribution in [3.05, 3.63) is 56.7 Å². The minimum atomic E-state index is 0.504. The third-order valence-corrected chi connectivity index (χ3v) is 3.48. The molecule has 0 spiro atoms. The molecule has 2 nitrogen and oxygen atoms in total. The van der Waals surface area contributed by atoms with Gasteiger partial charge in [0.2, 0.25) is 0 Å². The van der Waals surface area contributed by atoms with E-state index in [0.29, 0.717) is 6.61 Å². The molecule has 1 aromatic carbocycles. The van der Waals surface area contributed by atoms with Crippen molar-refractivity contribution in [2.45, 2.75) is 6.61 Å². The fraction of sp³-hybridized carbons (Fsp3) is 0.0833. The summed E-state index contributed by atoms with van der Waals surface area (Å²) in [6.45, 7) is 0.504. The highest BCUT2D eigenvalue weighted by Crippen LogP contribution is 2.20. The summed E-state index contributed by atoms with van der Waals surface area (Å²) < 4.78 is 1.09. The zero-order chi connectivity index (χ0) is 11.2. The van der Waals surface area contributed by atoms with Crippen LogP contribution >= 0.6 is 27.3 Å². The van der Waals surface area contributed by atoms with Crippen molar-refractivity contribution in [3.8, 4) is 0 Å². The minimum absolute atomic E-state index is 0.504. The molecule has 0 aliphatic carbocycles. The smallest absolute Gasteiger partial charge is 0.142 e. The largest absolute Gasteiger partial charge is 0.391 e. The van der Waals surface area contributed by atoms with Crippen LogP contribution in [0.5, 0.6) is 0 Å². The third kappa shape index (κ3) is 3.47. The summed E-state index contributed by atoms with van der Waals surface area (Å²) in [6, 6.07) is 14.0. The van der Waals surface area contributed by atoms with Crippen LogP contribution in [0.1, 0.15) is 10.4 Å². The van der Waals surface area contributed by atoms with Gasteiger partial charge in [0.25, 0.3) is 0 Å². The molecule has 2 aromatic rings. The second-order valence-corrected chi connectivity index (χ2v) is 5.63. The number of rotatable bonds is 4. The van der Waals surface area contributed by atoms with Crippen molar-refractivity contribution in [1.82, 2.24) is 0 Å². The first-order chi connectivity index (χ1) is 7.84. The Balaban J connectivity index is 1.82. The maximum absolute atomic E-state index is 5.19. The van der Waals surface area contributed by atoms with E-state index in [0.717, 1.165) is 14.2 Å². The van der Waals surface area contributed by atoms with E-state index in [1.165, 1.54) is 0 Å². The topological polar surface area (TPSA) is 21.6 Å². The SMILES string of the molecule is Brc1ccc(/C=N/OCc2ccccc2)s1. The van der Waals surface area contributed by atoms with Crippen LogP contribution < -0.4 is 0 Å². The van der Waals surface area contributed by atoms with Crippen LogP contribution in [0.15, 0.2) is 51.4 Å². The van der Waals surface area contributed by atoms with Gasteiger partial charge in [0.15, 0.2) is 0 Å². The Hall–Kier alpha value is -1.13. The van der Waals surface area contributed by atoms with E-state index in [4.69, 9.17) is 4.84 Å². The lowest BCUT2D eigenvalue weighted by Gasteiger charge is -1.97. The maximum atomic E-state index is 5.19. The molecular formula is C12H10BrNOS. The van der Waals surface area contributed by atoms with E-state index in [-0.39, 0.29) is 0 Å². The molecule has 0 atom stereocenters. The van der Waals surface area contributed by atoms with Crippen molar-refractivity contribution in [3.63, 3.8) is 0 Å². The molecule has 0 saturated heterocycles. The normalized spacial score (nSPS) is 10.8. The van der Waals surface area contributed by atoms with Gasteiger partial charge in [-0.2, -0.15) is 0 Å². The summed E-state index contributed by atoms with van der Waals surface area (Å²) in [4.78, 5) is 6.26. The van der Waals surface area contributed by atoms with Gasteiger partial charge >= 0.3 is 0 Å². The first-order valence-electron chi connectivity index (χ1n) is 4.79. The molecule has 82 valence electrons. The molecule has 0 N–H and O–H groups in total. The average molecular weight is 296 g/mol. The van der Waals surface area contributed by atoms with Crippen LogP contribution in [0.2, 0.25) is 0 Å². The van der Waals surface area contributed by atoms with Crippen molar-refractivity contribution >= 4 is 33.5 Å². The number of hydrogen-bond acceptors (Lipinski definition) is 3. The van der Waals surface area contributed by atoms with Crippen LogP contribution in [0.3, 0.4) is 0 Å². The molecule has 0 fully saturated rings. The Morgan fingerprint density at radius 3 is 2.69 bits per heavy atom. The summed E-state index contributed by atoms with van der Waals surface area (Å²) in [5.74, 6) is 0. The predicted octanol–water partition coefficient (Wildman–Crippen LogP) is 4.06. The first kappa shape index (κ1) is 11.4. The summed E-state index contributed by atoms with van der Waals surface area (Å²) >= 11 is 5.02. The van der Waals surface area contributed by atoms with E-state index in [1.54, 1.807) is 17.6 Å². The number of benzene rings is 1. The zero-order valence-electron chi connectivity index (χ0n) is 8.47. The number of thiophene rings is 1. The minimum Gasteiger partial charge on any atom is -0.391 e. The molecule has 0 aliphatic rings. The molecule has 0 radical (unpaired) electrons. The zero-order valence-corrected chi connectivity index (χ0v) is 10.9. The van der Waals surface area contributed by atoms with Gasteiger partial charge in [-0.1, -0.05) is 35.5 Å². The molecule has 0 bridgehead atoms. The molecule has 0 unspecified atom stereocenters. The Morgan fingerprint density at radius 2 is 2.00 bits per heavy atom. The van der Waals surface area contributed by atoms with Crippen molar-refractivity contribution in [1.29, 1.82) is 0 Å². The Labute approximate surface area is 107 Å². The van der Waals surface area contributed by atoms with Crippen LogP contribution in [-0.4, -0.2) is 6.21 Å². The quantitative estimate of drug-likeness (QED) is 0.616. The van der Waals surface area contributed by atoms with Crippen LogP contribution in [-0.2, 0) is 11.4 Å². The van der Waals surface area contributed by atoms with Gasteiger partial charge in [-0.15, -0.1) is 11.3 Å². The van der Waals surface area contributed by atoms with Gasteiger partial charge in [0.05, 0.1) is 10.0 Å². The summed E-state index contributed by atoms with van der Waals surface area (Å²) in [5.41, 5.74) is 1.12. The molecule has 0 aliphatic heterocycles. The molecule has 0 amide bonds. The lowest BCUT2D eigenvalue weighted by Crippen LogP contribution is -1.86. The van der Waals surface area contributed by atoms with Gasteiger partial charge in [0, 0.05) is 4.88 Å². The fourth-order valence-electron chi connectivity index (χ4n) is 1.17. The van der Waals surface area contributed by atoms with E-state index < -0.39 is 0 Å². The summed E-state index contributed by atoms with van der Waals surface area (Å²) in [5, 5.41) is 3.91. The first-order valence-corrected chi connectivity index (χ1v) is 6.40. The summed E-state index contributed by atoms with van der Waals surface area (Å²) in [6.07, 6.45) is 1.72. The Bertz CT molecular complexity index is 467. The molecular weight excluding hydrogens is 286 g/mol. The second kappa shape index (κ2) is 5.82. The van der Waals surface area contributed by atoms with Crippen LogP contribution in [0.25, 0.3) is 0 Å². The lowest BCUT2D eigenvalue weighted by molar-refractivity contribution is 0.132. The predicted molar refractivity (Wildman–Crippen MR) is 70.8 cm³/mol. The van der Waals surface area contributed by atoms with Gasteiger partial charge in [-0.3, -0.25) is 0 Å². The van der Waals surface area contributed by atoms with Gasteiger partial charge in [-0.05, 0) is 33.6 Å². The molecule has 1 heterocycles. The lowest BCUT2D eigenvalue weighted by atomic mass is 10.2. The van der Waals surface area contributed by atoms with Gasteiger partial charge in [-0.25, -0.2) is 0 Å². The number of nitrogens with zero attached hydrogens (tertiary/aromatic N) is 1. The van der Waals surface area contributed by atoms with Crippen LogP contribution in [0.4, 0.5) is 0 Å². The Kier molecular flexibility index (Phi) is 4.13.